The van der Waals surface area contributed by atoms with Gasteiger partial charge in [0, 0.05) is 17.7 Å². The van der Waals surface area contributed by atoms with Crippen molar-refractivity contribution in [3.05, 3.63) is 22.8 Å². The number of halogens is 3. The van der Waals surface area contributed by atoms with Gasteiger partial charge in [-0.1, -0.05) is 27.2 Å². The standard InChI is InChI=1S/C26H38F3NO6S/c1-14(2)17-9-8-15(3)12-20(17)35-24(32)23(36-25(5,6)7)21-16(4)13-19-18(22(21)31)10-11-30(19)37(33,34)26(27,28)29/h13-15,17,20,23,31H,8-12H2,1-7H3/t15?,17?,20?,23-/m0/s1. The number of benzene rings is 1. The van der Waals surface area contributed by atoms with Gasteiger partial charge in [-0.05, 0) is 76.3 Å². The Morgan fingerprint density at radius 2 is 1.81 bits per heavy atom. The molecule has 3 unspecified atom stereocenters. The van der Waals surface area contributed by atoms with E-state index in [9.17, 15) is 31.5 Å². The van der Waals surface area contributed by atoms with Crippen LogP contribution in [-0.4, -0.2) is 43.3 Å². The average Bonchev–Trinajstić information content (AvgIpc) is 3.15. The van der Waals surface area contributed by atoms with E-state index in [2.05, 4.69) is 20.8 Å². The lowest BCUT2D eigenvalue weighted by Gasteiger charge is -2.38. The summed E-state index contributed by atoms with van der Waals surface area (Å²) in [6, 6.07) is 1.26. The van der Waals surface area contributed by atoms with E-state index in [0.717, 1.165) is 12.8 Å². The number of nitrogens with zero attached hydrogens (tertiary/aromatic N) is 1. The first-order chi connectivity index (χ1) is 16.8. The van der Waals surface area contributed by atoms with Crippen LogP contribution in [0.3, 0.4) is 0 Å². The lowest BCUT2D eigenvalue weighted by atomic mass is 9.75. The van der Waals surface area contributed by atoms with E-state index in [0.29, 0.717) is 18.3 Å². The van der Waals surface area contributed by atoms with Crippen molar-refractivity contribution in [2.24, 2.45) is 17.8 Å². The molecule has 1 fully saturated rings. The molecular weight excluding hydrogens is 511 g/mol. The van der Waals surface area contributed by atoms with Crippen LogP contribution in [0.25, 0.3) is 0 Å². The van der Waals surface area contributed by atoms with Gasteiger partial charge < -0.3 is 14.6 Å². The smallest absolute Gasteiger partial charge is 0.507 e. The van der Waals surface area contributed by atoms with Crippen LogP contribution in [-0.2, 0) is 30.7 Å². The van der Waals surface area contributed by atoms with Gasteiger partial charge in [0.15, 0.2) is 6.10 Å². The molecule has 0 aromatic heterocycles. The lowest BCUT2D eigenvalue weighted by Crippen LogP contribution is -2.39. The molecule has 3 rings (SSSR count). The third kappa shape index (κ3) is 6.02. The Morgan fingerprint density at radius 3 is 2.35 bits per heavy atom. The Morgan fingerprint density at radius 1 is 1.19 bits per heavy atom. The van der Waals surface area contributed by atoms with Crippen molar-refractivity contribution in [1.29, 1.82) is 0 Å². The number of alkyl halides is 3. The summed E-state index contributed by atoms with van der Waals surface area (Å²) in [7, 11) is -5.64. The van der Waals surface area contributed by atoms with E-state index < -0.39 is 45.5 Å². The van der Waals surface area contributed by atoms with Crippen molar-refractivity contribution in [2.45, 2.75) is 97.5 Å². The summed E-state index contributed by atoms with van der Waals surface area (Å²) in [5, 5.41) is 11.2. The summed E-state index contributed by atoms with van der Waals surface area (Å²) < 4.78 is 76.3. The summed E-state index contributed by atoms with van der Waals surface area (Å²) >= 11 is 0. The third-order valence-corrected chi connectivity index (χ3v) is 8.77. The van der Waals surface area contributed by atoms with Gasteiger partial charge in [-0.2, -0.15) is 21.6 Å². The predicted molar refractivity (Wildman–Crippen MR) is 134 cm³/mol. The van der Waals surface area contributed by atoms with Crippen LogP contribution >= 0.6 is 0 Å². The van der Waals surface area contributed by atoms with Gasteiger partial charge in [-0.25, -0.2) is 4.79 Å². The Balaban J connectivity index is 2.04. The zero-order valence-electron chi connectivity index (χ0n) is 22.5. The molecule has 0 spiro atoms. The second kappa shape index (κ2) is 10.3. The van der Waals surface area contributed by atoms with Crippen LogP contribution in [0.2, 0.25) is 0 Å². The molecule has 1 aromatic rings. The van der Waals surface area contributed by atoms with E-state index in [1.54, 1.807) is 20.8 Å². The Hall–Kier alpha value is -2.01. The first kappa shape index (κ1) is 29.5. The summed E-state index contributed by atoms with van der Waals surface area (Å²) in [6.07, 6.45) is 0.859. The van der Waals surface area contributed by atoms with Gasteiger partial charge in [0.2, 0.25) is 0 Å². The van der Waals surface area contributed by atoms with Gasteiger partial charge in [-0.3, -0.25) is 4.31 Å². The summed E-state index contributed by atoms with van der Waals surface area (Å²) in [5.74, 6) is -0.281. The van der Waals surface area contributed by atoms with E-state index in [1.807, 2.05) is 0 Å². The topological polar surface area (TPSA) is 93.1 Å². The molecule has 1 heterocycles. The monoisotopic (exact) mass is 549 g/mol. The largest absolute Gasteiger partial charge is 0.516 e. The summed E-state index contributed by atoms with van der Waals surface area (Å²) in [4.78, 5) is 13.6. The maximum atomic E-state index is 13.6. The number of esters is 1. The van der Waals surface area contributed by atoms with Crippen molar-refractivity contribution < 1.29 is 41.0 Å². The summed E-state index contributed by atoms with van der Waals surface area (Å²) in [5.41, 5.74) is -6.23. The van der Waals surface area contributed by atoms with Gasteiger partial charge >= 0.3 is 21.5 Å². The highest BCUT2D eigenvalue weighted by atomic mass is 32.2. The number of hydrogen-bond donors (Lipinski definition) is 1. The van der Waals surface area contributed by atoms with E-state index in [-0.39, 0.29) is 45.1 Å². The van der Waals surface area contributed by atoms with Crippen LogP contribution in [0.15, 0.2) is 6.07 Å². The van der Waals surface area contributed by atoms with E-state index >= 15 is 0 Å². The van der Waals surface area contributed by atoms with Crippen molar-refractivity contribution in [3.63, 3.8) is 0 Å². The molecule has 1 saturated carbocycles. The average molecular weight is 550 g/mol. The highest BCUT2D eigenvalue weighted by Gasteiger charge is 2.52. The number of carbonyl (C=O) groups is 1. The summed E-state index contributed by atoms with van der Waals surface area (Å²) in [6.45, 7) is 12.5. The molecule has 1 N–H and O–H groups in total. The minimum Gasteiger partial charge on any atom is -0.507 e. The molecule has 0 bridgehead atoms. The molecule has 1 aromatic carbocycles. The first-order valence-electron chi connectivity index (χ1n) is 12.7. The molecule has 0 amide bonds. The number of hydrogen-bond acceptors (Lipinski definition) is 6. The molecule has 4 atom stereocenters. The van der Waals surface area contributed by atoms with Crippen LogP contribution in [0.4, 0.5) is 18.9 Å². The SMILES string of the molecule is Cc1cc2c(c(O)c1[C@H](OC(C)(C)C)C(=O)OC1CC(C)CCC1C(C)C)CCN2S(=O)(=O)C(F)(F)F. The van der Waals surface area contributed by atoms with E-state index in [1.165, 1.54) is 13.0 Å². The highest BCUT2D eigenvalue weighted by molar-refractivity contribution is 7.93. The second-order valence-electron chi connectivity index (χ2n) is 11.6. The molecule has 1 aliphatic carbocycles. The fourth-order valence-corrected chi connectivity index (χ4v) is 6.39. The maximum Gasteiger partial charge on any atom is 0.516 e. The predicted octanol–water partition coefficient (Wildman–Crippen LogP) is 5.77. The van der Waals surface area contributed by atoms with Gasteiger partial charge in [-0.15, -0.1) is 0 Å². The number of fused-ring (bicyclic) bond motifs is 1. The van der Waals surface area contributed by atoms with Crippen LogP contribution in [0.5, 0.6) is 5.75 Å². The van der Waals surface area contributed by atoms with Crippen molar-refractivity contribution in [2.75, 3.05) is 10.8 Å². The highest BCUT2D eigenvalue weighted by Crippen LogP contribution is 2.46. The normalized spacial score (nSPS) is 23.8. The minimum absolute atomic E-state index is 0.0232. The number of anilines is 1. The Bertz CT molecular complexity index is 1130. The molecule has 0 radical (unpaired) electrons. The van der Waals surface area contributed by atoms with Gasteiger partial charge in [0.25, 0.3) is 0 Å². The fourth-order valence-electron chi connectivity index (χ4n) is 5.39. The number of sulfonamides is 1. The Kier molecular flexibility index (Phi) is 8.21. The number of phenols is 1. The molecule has 2 aliphatic rings. The van der Waals surface area contributed by atoms with Gasteiger partial charge in [0.05, 0.1) is 11.3 Å². The maximum absolute atomic E-state index is 13.6. The molecule has 37 heavy (non-hydrogen) atoms. The zero-order valence-corrected chi connectivity index (χ0v) is 23.3. The molecular formula is C26H38F3NO6S. The van der Waals surface area contributed by atoms with Crippen molar-refractivity contribution >= 4 is 21.7 Å². The molecule has 0 saturated heterocycles. The quantitative estimate of drug-likeness (QED) is 0.453. The van der Waals surface area contributed by atoms with Gasteiger partial charge in [0.1, 0.15) is 11.9 Å². The molecule has 11 heteroatoms. The molecule has 7 nitrogen and oxygen atoms in total. The molecule has 1 aliphatic heterocycles. The van der Waals surface area contributed by atoms with Crippen LogP contribution in [0.1, 0.15) is 83.6 Å². The number of ether oxygens (including phenoxy) is 2. The number of phenolic OH excluding ortho intramolecular Hbond substituents is 1. The lowest BCUT2D eigenvalue weighted by molar-refractivity contribution is -0.179. The minimum atomic E-state index is -5.64. The number of aryl methyl sites for hydroxylation is 1. The van der Waals surface area contributed by atoms with Crippen LogP contribution in [0, 0.1) is 24.7 Å². The number of carbonyl (C=O) groups excluding carboxylic acids is 1. The third-order valence-electron chi connectivity index (χ3n) is 7.22. The Labute approximate surface area is 217 Å². The number of aromatic hydroxyl groups is 1. The zero-order chi connectivity index (χ0) is 28.1. The number of rotatable bonds is 6. The van der Waals surface area contributed by atoms with E-state index in [4.69, 9.17) is 9.47 Å². The van der Waals surface area contributed by atoms with Crippen LogP contribution < -0.4 is 4.31 Å². The van der Waals surface area contributed by atoms with Crippen molar-refractivity contribution in [1.82, 2.24) is 0 Å². The fraction of sp³-hybridized carbons (Fsp3) is 0.731. The first-order valence-corrected chi connectivity index (χ1v) is 14.1. The molecule has 210 valence electrons. The second-order valence-corrected chi connectivity index (χ2v) is 13.5. The van der Waals surface area contributed by atoms with Crippen molar-refractivity contribution in [3.8, 4) is 5.75 Å².